The Hall–Kier alpha value is -1.06. The average Bonchev–Trinajstić information content (AvgIpc) is 2.49. The first kappa shape index (κ1) is 15.3. The highest BCUT2D eigenvalue weighted by Crippen LogP contribution is 2.18. The minimum absolute atomic E-state index is 0.933. The van der Waals surface area contributed by atoms with Crippen LogP contribution in [0.5, 0.6) is 5.75 Å². The number of benzene rings is 1. The lowest BCUT2D eigenvalue weighted by Gasteiger charge is -2.24. The first-order valence-corrected chi connectivity index (χ1v) is 7.80. The molecule has 1 aromatic rings. The Morgan fingerprint density at radius 3 is 2.55 bits per heavy atom. The van der Waals surface area contributed by atoms with Crippen LogP contribution >= 0.6 is 0 Å². The molecule has 1 aliphatic rings. The molecule has 1 aromatic carbocycles. The molecule has 0 saturated carbocycles. The molecule has 2 rings (SSSR count). The van der Waals surface area contributed by atoms with Crippen molar-refractivity contribution >= 4 is 0 Å². The van der Waals surface area contributed by atoms with E-state index >= 15 is 0 Å². The molecule has 3 heteroatoms. The lowest BCUT2D eigenvalue weighted by molar-refractivity contribution is 0.285. The molecular formula is C17H28N2O. The van der Waals surface area contributed by atoms with E-state index in [0.29, 0.717) is 0 Å². The zero-order valence-corrected chi connectivity index (χ0v) is 12.9. The van der Waals surface area contributed by atoms with Gasteiger partial charge in [0.05, 0.1) is 7.11 Å². The van der Waals surface area contributed by atoms with Gasteiger partial charge in [0.25, 0.3) is 0 Å². The van der Waals surface area contributed by atoms with Crippen LogP contribution in [-0.4, -0.2) is 38.7 Å². The largest absolute Gasteiger partial charge is 0.497 e. The zero-order valence-electron chi connectivity index (χ0n) is 12.9. The third-order valence-electron chi connectivity index (χ3n) is 4.22. The van der Waals surface area contributed by atoms with Crippen molar-refractivity contribution in [3.05, 3.63) is 29.8 Å². The van der Waals surface area contributed by atoms with Crippen LogP contribution in [-0.2, 0) is 6.54 Å². The Morgan fingerprint density at radius 1 is 1.20 bits per heavy atom. The molecule has 112 valence electrons. The van der Waals surface area contributed by atoms with Crippen molar-refractivity contribution in [2.75, 3.05) is 33.8 Å². The highest BCUT2D eigenvalue weighted by Gasteiger charge is 2.12. The maximum absolute atomic E-state index is 5.19. The first-order chi connectivity index (χ1) is 9.78. The molecule has 0 aliphatic carbocycles. The molecule has 1 fully saturated rings. The molecule has 0 unspecified atom stereocenters. The predicted molar refractivity (Wildman–Crippen MR) is 84.2 cm³/mol. The van der Waals surface area contributed by atoms with Gasteiger partial charge in [-0.2, -0.15) is 0 Å². The van der Waals surface area contributed by atoms with E-state index in [-0.39, 0.29) is 0 Å². The summed E-state index contributed by atoms with van der Waals surface area (Å²) in [6.07, 6.45) is 5.43. The Kier molecular flexibility index (Phi) is 6.34. The van der Waals surface area contributed by atoms with Gasteiger partial charge in [-0.3, -0.25) is 0 Å². The van der Waals surface area contributed by atoms with E-state index in [0.717, 1.165) is 18.2 Å². The van der Waals surface area contributed by atoms with Crippen molar-refractivity contribution in [3.8, 4) is 5.75 Å². The minimum atomic E-state index is 0.933. The fraction of sp³-hybridized carbons (Fsp3) is 0.647. The van der Waals surface area contributed by atoms with E-state index in [4.69, 9.17) is 4.74 Å². The van der Waals surface area contributed by atoms with Gasteiger partial charge in [0, 0.05) is 6.54 Å². The Balaban J connectivity index is 1.65. The van der Waals surface area contributed by atoms with E-state index in [1.807, 2.05) is 12.1 Å². The van der Waals surface area contributed by atoms with Crippen molar-refractivity contribution in [1.29, 1.82) is 0 Å². The highest BCUT2D eigenvalue weighted by molar-refractivity contribution is 5.26. The number of methoxy groups -OCH3 is 1. The second kappa shape index (κ2) is 8.28. The van der Waals surface area contributed by atoms with Crippen LogP contribution < -0.4 is 10.1 Å². The van der Waals surface area contributed by atoms with E-state index in [1.54, 1.807) is 7.11 Å². The van der Waals surface area contributed by atoms with Gasteiger partial charge in [-0.1, -0.05) is 12.1 Å². The summed E-state index contributed by atoms with van der Waals surface area (Å²) in [6, 6.07) is 8.39. The minimum Gasteiger partial charge on any atom is -0.497 e. The van der Waals surface area contributed by atoms with Crippen LogP contribution in [0.3, 0.4) is 0 Å². The van der Waals surface area contributed by atoms with Crippen molar-refractivity contribution in [3.63, 3.8) is 0 Å². The molecule has 1 saturated heterocycles. The van der Waals surface area contributed by atoms with Gasteiger partial charge in [-0.25, -0.2) is 0 Å². The van der Waals surface area contributed by atoms with Gasteiger partial charge in [0.1, 0.15) is 5.75 Å². The topological polar surface area (TPSA) is 24.5 Å². The second-order valence-corrected chi connectivity index (χ2v) is 5.92. The summed E-state index contributed by atoms with van der Waals surface area (Å²) in [4.78, 5) is 2.42. The van der Waals surface area contributed by atoms with E-state index in [1.165, 1.54) is 50.9 Å². The maximum Gasteiger partial charge on any atom is 0.118 e. The highest BCUT2D eigenvalue weighted by atomic mass is 16.5. The molecule has 0 atom stereocenters. The normalized spacial score (nSPS) is 16.6. The number of nitrogens with zero attached hydrogens (tertiary/aromatic N) is 1. The molecule has 20 heavy (non-hydrogen) atoms. The molecule has 0 radical (unpaired) electrons. The molecule has 1 heterocycles. The third-order valence-corrected chi connectivity index (χ3v) is 4.22. The van der Waals surface area contributed by atoms with Gasteiger partial charge in [0.2, 0.25) is 0 Å². The Labute approximate surface area is 123 Å². The lowest BCUT2D eigenvalue weighted by atomic mass is 9.93. The fourth-order valence-corrected chi connectivity index (χ4v) is 2.94. The maximum atomic E-state index is 5.19. The van der Waals surface area contributed by atoms with Crippen LogP contribution in [0.25, 0.3) is 0 Å². The standard InChI is InChI=1S/C17H28N2O/c1-19(13-3-4-15-9-11-18-12-10-15)14-16-5-7-17(20-2)8-6-16/h5-8,15,18H,3-4,9-14H2,1-2H3. The number of ether oxygens (including phenoxy) is 1. The number of rotatable bonds is 7. The Morgan fingerprint density at radius 2 is 1.90 bits per heavy atom. The first-order valence-electron chi connectivity index (χ1n) is 7.80. The Bertz CT molecular complexity index is 371. The number of hydrogen-bond donors (Lipinski definition) is 1. The number of piperidine rings is 1. The molecule has 0 spiro atoms. The van der Waals surface area contributed by atoms with Gasteiger partial charge in [-0.15, -0.1) is 0 Å². The average molecular weight is 276 g/mol. The second-order valence-electron chi connectivity index (χ2n) is 5.92. The van der Waals surface area contributed by atoms with Crippen molar-refractivity contribution in [2.45, 2.75) is 32.2 Å². The van der Waals surface area contributed by atoms with Crippen LogP contribution in [0.1, 0.15) is 31.2 Å². The molecule has 1 aliphatic heterocycles. The summed E-state index contributed by atoms with van der Waals surface area (Å²) in [6.45, 7) is 4.64. The van der Waals surface area contributed by atoms with Gasteiger partial charge < -0.3 is 15.0 Å². The van der Waals surface area contributed by atoms with Crippen LogP contribution in [0.4, 0.5) is 0 Å². The molecule has 0 amide bonds. The zero-order chi connectivity index (χ0) is 14.2. The van der Waals surface area contributed by atoms with E-state index in [2.05, 4.69) is 29.4 Å². The predicted octanol–water partition coefficient (Wildman–Crippen LogP) is 2.91. The van der Waals surface area contributed by atoms with Crippen LogP contribution in [0.2, 0.25) is 0 Å². The number of nitrogens with one attached hydrogen (secondary N) is 1. The quantitative estimate of drug-likeness (QED) is 0.829. The molecule has 3 nitrogen and oxygen atoms in total. The van der Waals surface area contributed by atoms with Gasteiger partial charge >= 0.3 is 0 Å². The summed E-state index contributed by atoms with van der Waals surface area (Å²) < 4.78 is 5.19. The lowest BCUT2D eigenvalue weighted by Crippen LogP contribution is -2.28. The fourth-order valence-electron chi connectivity index (χ4n) is 2.94. The molecule has 1 N–H and O–H groups in total. The summed E-state index contributed by atoms with van der Waals surface area (Å²) in [5, 5.41) is 3.44. The van der Waals surface area contributed by atoms with Crippen molar-refractivity contribution in [1.82, 2.24) is 10.2 Å². The SMILES string of the molecule is COc1ccc(CN(C)CCCC2CCNCC2)cc1. The summed E-state index contributed by atoms with van der Waals surface area (Å²) in [5.41, 5.74) is 1.36. The number of hydrogen-bond acceptors (Lipinski definition) is 3. The monoisotopic (exact) mass is 276 g/mol. The van der Waals surface area contributed by atoms with Gasteiger partial charge in [0.15, 0.2) is 0 Å². The van der Waals surface area contributed by atoms with Crippen LogP contribution in [0.15, 0.2) is 24.3 Å². The third kappa shape index (κ3) is 5.14. The molecule has 0 aromatic heterocycles. The summed E-state index contributed by atoms with van der Waals surface area (Å²) >= 11 is 0. The molecule has 0 bridgehead atoms. The molecular weight excluding hydrogens is 248 g/mol. The van der Waals surface area contributed by atoms with Crippen LogP contribution in [0, 0.1) is 5.92 Å². The smallest absolute Gasteiger partial charge is 0.118 e. The van der Waals surface area contributed by atoms with Gasteiger partial charge in [-0.05, 0) is 76.0 Å². The summed E-state index contributed by atoms with van der Waals surface area (Å²) in [5.74, 6) is 1.88. The van der Waals surface area contributed by atoms with Crippen molar-refractivity contribution < 1.29 is 4.74 Å². The van der Waals surface area contributed by atoms with E-state index < -0.39 is 0 Å². The van der Waals surface area contributed by atoms with Crippen molar-refractivity contribution in [2.24, 2.45) is 5.92 Å². The van der Waals surface area contributed by atoms with E-state index in [9.17, 15) is 0 Å². The summed E-state index contributed by atoms with van der Waals surface area (Å²) in [7, 11) is 3.93.